The lowest BCUT2D eigenvalue weighted by Gasteiger charge is -2.10. The van der Waals surface area contributed by atoms with Crippen molar-refractivity contribution in [2.75, 3.05) is 7.05 Å². The summed E-state index contributed by atoms with van der Waals surface area (Å²) in [7, 11) is 1.78. The van der Waals surface area contributed by atoms with Crippen LogP contribution in [0.5, 0.6) is 0 Å². The molecule has 2 aromatic heterocycles. The van der Waals surface area contributed by atoms with Crippen LogP contribution < -0.4 is 10.6 Å². The molecule has 8 heteroatoms. The molecule has 0 saturated carbocycles. The summed E-state index contributed by atoms with van der Waals surface area (Å²) in [5, 5.41) is 8.86. The molecule has 0 saturated heterocycles. The molecule has 2 rings (SSSR count). The van der Waals surface area contributed by atoms with Gasteiger partial charge < -0.3 is 10.6 Å². The molecule has 0 spiro atoms. The molecule has 2 N–H and O–H groups in total. The molecule has 0 aliphatic carbocycles. The van der Waals surface area contributed by atoms with Crippen molar-refractivity contribution < 1.29 is 0 Å². The minimum Gasteiger partial charge on any atom is -0.351 e. The van der Waals surface area contributed by atoms with Crippen molar-refractivity contribution in [1.29, 1.82) is 0 Å². The zero-order chi connectivity index (χ0) is 15.4. The molecule has 0 bridgehead atoms. The minimum absolute atomic E-state index is 0. The Morgan fingerprint density at radius 3 is 1.59 bits per heavy atom. The second kappa shape index (κ2) is 8.78. The summed E-state index contributed by atoms with van der Waals surface area (Å²) < 4.78 is 0. The third kappa shape index (κ3) is 5.17. The van der Waals surface area contributed by atoms with Gasteiger partial charge in [0, 0.05) is 16.8 Å². The molecule has 0 aliphatic rings. The van der Waals surface area contributed by atoms with Crippen LogP contribution in [0, 0.1) is 27.7 Å². The average molecular weight is 451 g/mol. The minimum atomic E-state index is 0. The summed E-state index contributed by atoms with van der Waals surface area (Å²) >= 11 is 3.45. The van der Waals surface area contributed by atoms with Crippen molar-refractivity contribution in [3.63, 3.8) is 0 Å². The molecule has 2 aromatic rings. The Balaban J connectivity index is 0.00000242. The number of halogens is 1. The summed E-state index contributed by atoms with van der Waals surface area (Å²) in [6, 6.07) is 0. The predicted octanol–water partition coefficient (Wildman–Crippen LogP) is 3.32. The quantitative estimate of drug-likeness (QED) is 0.426. The summed E-state index contributed by atoms with van der Waals surface area (Å²) in [5.74, 6) is 0.797. The molecule has 0 aliphatic heterocycles. The standard InChI is InChI=1S/C14H21N5S2.HI/c1-8-12(20-10(3)18-8)6-16-14(15-5)17-7-13-9(2)19-11(4)21-13;/h6-7H2,1-5H3,(H2,15,16,17);1H. The lowest BCUT2D eigenvalue weighted by molar-refractivity contribution is 0.814. The number of nitrogens with one attached hydrogen (secondary N) is 2. The lowest BCUT2D eigenvalue weighted by Crippen LogP contribution is -2.36. The first-order chi connectivity index (χ1) is 9.99. The van der Waals surface area contributed by atoms with E-state index < -0.39 is 0 Å². The number of nitrogens with zero attached hydrogens (tertiary/aromatic N) is 3. The van der Waals surface area contributed by atoms with E-state index in [9.17, 15) is 0 Å². The van der Waals surface area contributed by atoms with Gasteiger partial charge in [-0.3, -0.25) is 4.99 Å². The molecule has 0 fully saturated rings. The molecule has 122 valence electrons. The fourth-order valence-corrected chi connectivity index (χ4v) is 3.78. The summed E-state index contributed by atoms with van der Waals surface area (Å²) in [5.41, 5.74) is 2.18. The van der Waals surface area contributed by atoms with Crippen LogP contribution in [-0.4, -0.2) is 23.0 Å². The first-order valence-electron chi connectivity index (χ1n) is 6.80. The number of aliphatic imine (C=N–C) groups is 1. The fourth-order valence-electron chi connectivity index (χ4n) is 2.02. The van der Waals surface area contributed by atoms with Crippen molar-refractivity contribution in [3.8, 4) is 0 Å². The first kappa shape index (κ1) is 19.3. The monoisotopic (exact) mass is 451 g/mol. The second-order valence-corrected chi connectivity index (χ2v) is 7.34. The van der Waals surface area contributed by atoms with Gasteiger partial charge in [0.1, 0.15) is 0 Å². The van der Waals surface area contributed by atoms with E-state index in [1.165, 1.54) is 9.75 Å². The van der Waals surface area contributed by atoms with Gasteiger partial charge in [-0.2, -0.15) is 0 Å². The maximum Gasteiger partial charge on any atom is 0.191 e. The van der Waals surface area contributed by atoms with Crippen LogP contribution in [0.15, 0.2) is 4.99 Å². The topological polar surface area (TPSA) is 62.2 Å². The predicted molar refractivity (Wildman–Crippen MR) is 106 cm³/mol. The summed E-state index contributed by atoms with van der Waals surface area (Å²) in [4.78, 5) is 15.6. The van der Waals surface area contributed by atoms with E-state index in [0.29, 0.717) is 0 Å². The number of rotatable bonds is 4. The number of thiazole rings is 2. The second-order valence-electron chi connectivity index (χ2n) is 4.76. The largest absolute Gasteiger partial charge is 0.351 e. The van der Waals surface area contributed by atoms with E-state index in [1.54, 1.807) is 29.7 Å². The Hall–Kier alpha value is -0.740. The van der Waals surface area contributed by atoms with E-state index in [4.69, 9.17) is 0 Å². The maximum absolute atomic E-state index is 4.43. The van der Waals surface area contributed by atoms with Crippen LogP contribution in [0.2, 0.25) is 0 Å². The van der Waals surface area contributed by atoms with Crippen LogP contribution in [0.25, 0.3) is 0 Å². The molecule has 2 heterocycles. The van der Waals surface area contributed by atoms with Gasteiger partial charge in [-0.15, -0.1) is 46.7 Å². The third-order valence-corrected chi connectivity index (χ3v) is 5.20. The van der Waals surface area contributed by atoms with E-state index in [-0.39, 0.29) is 24.0 Å². The van der Waals surface area contributed by atoms with Crippen molar-refractivity contribution in [2.45, 2.75) is 40.8 Å². The number of aromatic nitrogens is 2. The molecule has 0 amide bonds. The van der Waals surface area contributed by atoms with Gasteiger partial charge in [0.25, 0.3) is 0 Å². The van der Waals surface area contributed by atoms with Gasteiger partial charge in [0.05, 0.1) is 34.5 Å². The van der Waals surface area contributed by atoms with Gasteiger partial charge in [-0.25, -0.2) is 9.97 Å². The molecule has 0 radical (unpaired) electrons. The van der Waals surface area contributed by atoms with Crippen LogP contribution in [-0.2, 0) is 13.1 Å². The van der Waals surface area contributed by atoms with E-state index in [1.807, 2.05) is 27.7 Å². The SMILES string of the molecule is CN=C(NCc1sc(C)nc1C)NCc1sc(C)nc1C.I. The van der Waals surface area contributed by atoms with Gasteiger partial charge in [-0.1, -0.05) is 0 Å². The highest BCUT2D eigenvalue weighted by molar-refractivity contribution is 14.0. The zero-order valence-corrected chi connectivity index (χ0v) is 17.4. The Kier molecular flexibility index (Phi) is 7.70. The summed E-state index contributed by atoms with van der Waals surface area (Å²) in [6.45, 7) is 9.64. The Morgan fingerprint density at radius 2 is 1.32 bits per heavy atom. The van der Waals surface area contributed by atoms with Crippen LogP contribution in [0.1, 0.15) is 31.2 Å². The number of hydrogen-bond donors (Lipinski definition) is 2. The van der Waals surface area contributed by atoms with Crippen molar-refractivity contribution in [2.24, 2.45) is 4.99 Å². The van der Waals surface area contributed by atoms with Gasteiger partial charge in [0.2, 0.25) is 0 Å². The highest BCUT2D eigenvalue weighted by atomic mass is 127. The molecule has 0 unspecified atom stereocenters. The fraction of sp³-hybridized carbons (Fsp3) is 0.500. The molecular weight excluding hydrogens is 429 g/mol. The lowest BCUT2D eigenvalue weighted by atomic mass is 10.4. The van der Waals surface area contributed by atoms with Crippen molar-refractivity contribution >= 4 is 52.6 Å². The molecule has 0 atom stereocenters. The van der Waals surface area contributed by atoms with Gasteiger partial charge in [0.15, 0.2) is 5.96 Å². The number of hydrogen-bond acceptors (Lipinski definition) is 5. The average Bonchev–Trinajstić information content (AvgIpc) is 2.91. The van der Waals surface area contributed by atoms with E-state index in [0.717, 1.165) is 40.5 Å². The third-order valence-electron chi connectivity index (χ3n) is 3.06. The van der Waals surface area contributed by atoms with Crippen molar-refractivity contribution in [1.82, 2.24) is 20.6 Å². The highest BCUT2D eigenvalue weighted by Gasteiger charge is 2.08. The number of aryl methyl sites for hydroxylation is 4. The highest BCUT2D eigenvalue weighted by Crippen LogP contribution is 2.17. The number of guanidine groups is 1. The van der Waals surface area contributed by atoms with Gasteiger partial charge in [-0.05, 0) is 27.7 Å². The summed E-state index contributed by atoms with van der Waals surface area (Å²) in [6.07, 6.45) is 0. The zero-order valence-electron chi connectivity index (χ0n) is 13.5. The van der Waals surface area contributed by atoms with Crippen LogP contribution in [0.3, 0.4) is 0 Å². The molecule has 22 heavy (non-hydrogen) atoms. The molecule has 5 nitrogen and oxygen atoms in total. The maximum atomic E-state index is 4.43. The van der Waals surface area contributed by atoms with Crippen molar-refractivity contribution in [3.05, 3.63) is 31.2 Å². The first-order valence-corrected chi connectivity index (χ1v) is 8.43. The normalized spacial score (nSPS) is 10.0. The van der Waals surface area contributed by atoms with Gasteiger partial charge >= 0.3 is 0 Å². The molecule has 0 aromatic carbocycles. The smallest absolute Gasteiger partial charge is 0.191 e. The van der Waals surface area contributed by atoms with Crippen LogP contribution in [0.4, 0.5) is 0 Å². The Morgan fingerprint density at radius 1 is 0.909 bits per heavy atom. The Labute approximate surface area is 156 Å². The van der Waals surface area contributed by atoms with E-state index in [2.05, 4.69) is 25.6 Å². The van der Waals surface area contributed by atoms with Crippen LogP contribution >= 0.6 is 46.7 Å². The molecular formula is C14H22IN5S2. The Bertz CT molecular complexity index is 595. The van der Waals surface area contributed by atoms with E-state index >= 15 is 0 Å².